The van der Waals surface area contributed by atoms with Gasteiger partial charge in [0.1, 0.15) is 17.5 Å². The first-order valence-corrected chi connectivity index (χ1v) is 15.0. The predicted molar refractivity (Wildman–Crippen MR) is 160 cm³/mol. The van der Waals surface area contributed by atoms with E-state index in [1.807, 2.05) is 92.9 Å². The molecule has 4 amide bonds. The number of likely N-dealkylation sites (N-methyl/N-ethyl adjacent to an activating group) is 1. The van der Waals surface area contributed by atoms with Crippen LogP contribution in [0.15, 0.2) is 83.4 Å². The van der Waals surface area contributed by atoms with Crippen LogP contribution in [-0.2, 0) is 16.0 Å². The number of hydrogen-bond acceptors (Lipinski definition) is 5. The number of rotatable bonds is 11. The SMILES string of the molecule is CCN1C(=O)N[C@H](c2cccc(Oc3ccccc3)c2)C2=C1CN([C@@H](CC(C)C)C(=O)NCCc1cccs1)C2=O. The summed E-state index contributed by atoms with van der Waals surface area (Å²) >= 11 is 1.66. The molecule has 9 heteroatoms. The molecule has 0 spiro atoms. The Labute approximate surface area is 245 Å². The summed E-state index contributed by atoms with van der Waals surface area (Å²) in [5, 5.41) is 8.11. The van der Waals surface area contributed by atoms with Crippen LogP contribution in [0.3, 0.4) is 0 Å². The van der Waals surface area contributed by atoms with Crippen LogP contribution >= 0.6 is 11.3 Å². The lowest BCUT2D eigenvalue weighted by atomic mass is 9.95. The summed E-state index contributed by atoms with van der Waals surface area (Å²) in [6.45, 7) is 7.10. The highest BCUT2D eigenvalue weighted by Gasteiger charge is 2.46. The van der Waals surface area contributed by atoms with Crippen molar-refractivity contribution in [2.24, 2.45) is 5.92 Å². The van der Waals surface area contributed by atoms with Gasteiger partial charge in [-0.05, 0) is 67.0 Å². The van der Waals surface area contributed by atoms with Crippen LogP contribution < -0.4 is 15.4 Å². The molecule has 0 fully saturated rings. The number of amides is 4. The predicted octanol–water partition coefficient (Wildman–Crippen LogP) is 5.50. The first-order valence-electron chi connectivity index (χ1n) is 14.1. The zero-order valence-corrected chi connectivity index (χ0v) is 24.4. The van der Waals surface area contributed by atoms with E-state index < -0.39 is 12.1 Å². The van der Waals surface area contributed by atoms with Gasteiger partial charge in [0.05, 0.1) is 23.9 Å². The molecule has 41 heavy (non-hydrogen) atoms. The van der Waals surface area contributed by atoms with Gasteiger partial charge in [0, 0.05) is 18.0 Å². The van der Waals surface area contributed by atoms with Gasteiger partial charge in [-0.3, -0.25) is 14.5 Å². The molecule has 214 valence electrons. The van der Waals surface area contributed by atoms with Gasteiger partial charge in [-0.15, -0.1) is 11.3 Å². The van der Waals surface area contributed by atoms with Crippen molar-refractivity contribution in [3.63, 3.8) is 0 Å². The number of carbonyl (C=O) groups is 3. The Morgan fingerprint density at radius 3 is 2.56 bits per heavy atom. The van der Waals surface area contributed by atoms with Gasteiger partial charge in [0.2, 0.25) is 5.91 Å². The molecular weight excluding hydrogens is 536 g/mol. The highest BCUT2D eigenvalue weighted by molar-refractivity contribution is 7.09. The van der Waals surface area contributed by atoms with E-state index in [9.17, 15) is 14.4 Å². The minimum absolute atomic E-state index is 0.166. The molecule has 0 unspecified atom stereocenters. The monoisotopic (exact) mass is 572 g/mol. The van der Waals surface area contributed by atoms with E-state index in [1.165, 1.54) is 4.88 Å². The molecule has 2 aliphatic heterocycles. The average Bonchev–Trinajstić information content (AvgIpc) is 3.60. The molecule has 0 bridgehead atoms. The molecule has 2 aliphatic rings. The second-order valence-corrected chi connectivity index (χ2v) is 11.7. The van der Waals surface area contributed by atoms with Gasteiger partial charge in [0.25, 0.3) is 5.91 Å². The number of nitrogens with one attached hydrogen (secondary N) is 2. The third-order valence-electron chi connectivity index (χ3n) is 7.36. The van der Waals surface area contributed by atoms with Crippen molar-refractivity contribution in [3.8, 4) is 11.5 Å². The maximum Gasteiger partial charge on any atom is 0.322 e. The molecule has 1 aromatic heterocycles. The number of carbonyl (C=O) groups excluding carboxylic acids is 3. The molecule has 0 radical (unpaired) electrons. The van der Waals surface area contributed by atoms with Crippen molar-refractivity contribution in [2.45, 2.75) is 45.7 Å². The standard InChI is InChI=1S/C32H36N4O4S/c1-4-35-27-20-36(26(18-21(2)3)30(37)33-16-15-25-14-9-17-41-25)31(38)28(27)29(34-32(35)39)22-10-8-13-24(19-22)40-23-11-6-5-7-12-23/h5-14,17,19,21,26,29H,4,15-16,18,20H2,1-3H3,(H,33,37)(H,34,39)/t26-,29+/m0/s1. The van der Waals surface area contributed by atoms with E-state index in [-0.39, 0.29) is 30.3 Å². The Bertz CT molecular complexity index is 1420. The summed E-state index contributed by atoms with van der Waals surface area (Å²) in [5.41, 5.74) is 1.90. The average molecular weight is 573 g/mol. The number of nitrogens with zero attached hydrogens (tertiary/aromatic N) is 2. The van der Waals surface area contributed by atoms with Crippen LogP contribution in [0, 0.1) is 5.92 Å². The van der Waals surface area contributed by atoms with Gasteiger partial charge in [-0.25, -0.2) is 4.79 Å². The molecule has 8 nitrogen and oxygen atoms in total. The van der Waals surface area contributed by atoms with E-state index in [0.29, 0.717) is 42.3 Å². The third kappa shape index (κ3) is 6.30. The van der Waals surface area contributed by atoms with Crippen molar-refractivity contribution < 1.29 is 19.1 Å². The smallest absolute Gasteiger partial charge is 0.322 e. The van der Waals surface area contributed by atoms with Crippen LogP contribution in [0.4, 0.5) is 4.79 Å². The highest BCUT2D eigenvalue weighted by atomic mass is 32.1. The fourth-order valence-electron chi connectivity index (χ4n) is 5.44. The van der Waals surface area contributed by atoms with Gasteiger partial charge < -0.3 is 20.3 Å². The summed E-state index contributed by atoms with van der Waals surface area (Å²) in [5.74, 6) is 1.10. The lowest BCUT2D eigenvalue weighted by molar-refractivity contribution is -0.137. The maximum atomic E-state index is 14.1. The molecule has 2 N–H and O–H groups in total. The second-order valence-electron chi connectivity index (χ2n) is 10.7. The second kappa shape index (κ2) is 12.6. The Kier molecular flexibility index (Phi) is 8.73. The Hall–Kier alpha value is -4.11. The van der Waals surface area contributed by atoms with Crippen molar-refractivity contribution in [1.82, 2.24) is 20.4 Å². The third-order valence-corrected chi connectivity index (χ3v) is 8.30. The molecule has 3 heterocycles. The fourth-order valence-corrected chi connectivity index (χ4v) is 6.14. The van der Waals surface area contributed by atoms with Crippen LogP contribution in [0.25, 0.3) is 0 Å². The van der Waals surface area contributed by atoms with E-state index in [2.05, 4.69) is 10.6 Å². The van der Waals surface area contributed by atoms with Crippen LogP contribution in [0.2, 0.25) is 0 Å². The van der Waals surface area contributed by atoms with E-state index in [0.717, 1.165) is 12.0 Å². The minimum Gasteiger partial charge on any atom is -0.457 e. The van der Waals surface area contributed by atoms with E-state index in [1.54, 1.807) is 21.1 Å². The van der Waals surface area contributed by atoms with Gasteiger partial charge >= 0.3 is 6.03 Å². The summed E-state index contributed by atoms with van der Waals surface area (Å²) in [7, 11) is 0. The highest BCUT2D eigenvalue weighted by Crippen LogP contribution is 2.38. The number of hydrogen-bond donors (Lipinski definition) is 2. The fraction of sp³-hybridized carbons (Fsp3) is 0.344. The van der Waals surface area contributed by atoms with Crippen molar-refractivity contribution in [1.29, 1.82) is 0 Å². The number of thiophene rings is 1. The molecular formula is C32H36N4O4S. The molecule has 5 rings (SSSR count). The molecule has 0 saturated heterocycles. The lowest BCUT2D eigenvalue weighted by Gasteiger charge is -2.33. The number of para-hydroxylation sites is 1. The van der Waals surface area contributed by atoms with E-state index >= 15 is 0 Å². The summed E-state index contributed by atoms with van der Waals surface area (Å²) in [4.78, 5) is 45.3. The summed E-state index contributed by atoms with van der Waals surface area (Å²) in [6, 6.07) is 19.4. The molecule has 2 atom stereocenters. The Balaban J connectivity index is 1.40. The number of ether oxygens (including phenoxy) is 1. The van der Waals surface area contributed by atoms with Gasteiger partial charge in [-0.1, -0.05) is 50.2 Å². The normalized spacial score (nSPS) is 17.5. The largest absolute Gasteiger partial charge is 0.457 e. The molecule has 0 saturated carbocycles. The Morgan fingerprint density at radius 2 is 1.85 bits per heavy atom. The number of benzene rings is 2. The first kappa shape index (κ1) is 28.4. The zero-order valence-electron chi connectivity index (χ0n) is 23.6. The quantitative estimate of drug-likeness (QED) is 0.318. The van der Waals surface area contributed by atoms with Crippen LogP contribution in [-0.4, -0.2) is 53.3 Å². The molecule has 0 aliphatic carbocycles. The van der Waals surface area contributed by atoms with Crippen molar-refractivity contribution >= 4 is 29.2 Å². The topological polar surface area (TPSA) is 91.0 Å². The van der Waals surface area contributed by atoms with E-state index in [4.69, 9.17) is 4.74 Å². The lowest BCUT2D eigenvalue weighted by Crippen LogP contribution is -2.49. The summed E-state index contributed by atoms with van der Waals surface area (Å²) < 4.78 is 6.03. The van der Waals surface area contributed by atoms with Gasteiger partial charge in [-0.2, -0.15) is 0 Å². The molecule has 2 aromatic carbocycles. The van der Waals surface area contributed by atoms with Crippen molar-refractivity contribution in [2.75, 3.05) is 19.6 Å². The first-order chi connectivity index (χ1) is 19.9. The van der Waals surface area contributed by atoms with Crippen LogP contribution in [0.1, 0.15) is 43.7 Å². The minimum atomic E-state index is -0.654. The Morgan fingerprint density at radius 1 is 1.07 bits per heavy atom. The zero-order chi connectivity index (χ0) is 28.9. The van der Waals surface area contributed by atoms with Crippen LogP contribution in [0.5, 0.6) is 11.5 Å². The summed E-state index contributed by atoms with van der Waals surface area (Å²) in [6.07, 6.45) is 1.27. The maximum absolute atomic E-state index is 14.1. The van der Waals surface area contributed by atoms with Gasteiger partial charge in [0.15, 0.2) is 0 Å². The number of urea groups is 1. The molecule has 3 aromatic rings. The van der Waals surface area contributed by atoms with Crippen molar-refractivity contribution in [3.05, 3.63) is 93.8 Å².